The van der Waals surface area contributed by atoms with Gasteiger partial charge in [-0.25, -0.2) is 4.90 Å². The highest BCUT2D eigenvalue weighted by Gasteiger charge is 2.32. The lowest BCUT2D eigenvalue weighted by Crippen LogP contribution is -2.46. The van der Waals surface area contributed by atoms with Gasteiger partial charge in [0.1, 0.15) is 0 Å². The third kappa shape index (κ3) is 1.73. The molecular weight excluding hydrogens is 182 g/mol. The molecule has 76 valence electrons. The van der Waals surface area contributed by atoms with Crippen molar-refractivity contribution in [2.24, 2.45) is 5.92 Å². The van der Waals surface area contributed by atoms with Crippen molar-refractivity contribution in [3.05, 3.63) is 11.6 Å². The van der Waals surface area contributed by atoms with Crippen LogP contribution < -0.4 is 0 Å². The second-order valence-electron chi connectivity index (χ2n) is 3.62. The van der Waals surface area contributed by atoms with Crippen molar-refractivity contribution in [1.82, 2.24) is 4.90 Å². The zero-order chi connectivity index (χ0) is 10.9. The van der Waals surface area contributed by atoms with Crippen LogP contribution in [0.3, 0.4) is 0 Å². The molecule has 1 aliphatic heterocycles. The second kappa shape index (κ2) is 3.74. The van der Waals surface area contributed by atoms with Crippen LogP contribution in [0.25, 0.3) is 0 Å². The number of carbonyl (C=O) groups is 3. The predicted octanol–water partition coefficient (Wildman–Crippen LogP) is 0.874. The van der Waals surface area contributed by atoms with E-state index in [2.05, 4.69) is 0 Å². The lowest BCUT2D eigenvalue weighted by Gasteiger charge is -2.23. The highest BCUT2D eigenvalue weighted by molar-refractivity contribution is 6.18. The maximum atomic E-state index is 11.5. The summed E-state index contributed by atoms with van der Waals surface area (Å²) in [7, 11) is 0. The van der Waals surface area contributed by atoms with Crippen LogP contribution >= 0.6 is 0 Å². The standard InChI is InChI=1S/C10H13NO3/c1-6(2)9(13)11-8(12)5-4-7(3)10(11)14/h4,6H,5H2,1-3H3. The predicted molar refractivity (Wildman–Crippen MR) is 50.1 cm³/mol. The van der Waals surface area contributed by atoms with Crippen LogP contribution in [0.2, 0.25) is 0 Å². The molecule has 3 amide bonds. The normalized spacial score (nSPS) is 17.4. The van der Waals surface area contributed by atoms with E-state index in [1.165, 1.54) is 0 Å². The van der Waals surface area contributed by atoms with E-state index in [-0.39, 0.29) is 12.3 Å². The molecule has 4 nitrogen and oxygen atoms in total. The summed E-state index contributed by atoms with van der Waals surface area (Å²) in [6, 6.07) is 0. The number of hydrogen-bond acceptors (Lipinski definition) is 3. The first-order valence-electron chi connectivity index (χ1n) is 4.53. The van der Waals surface area contributed by atoms with E-state index in [1.807, 2.05) is 0 Å². The maximum absolute atomic E-state index is 11.5. The topological polar surface area (TPSA) is 54.5 Å². The highest BCUT2D eigenvalue weighted by Crippen LogP contribution is 2.14. The third-order valence-electron chi connectivity index (χ3n) is 2.09. The Balaban J connectivity index is 2.98. The van der Waals surface area contributed by atoms with Crippen LogP contribution in [0, 0.1) is 5.92 Å². The number of rotatable bonds is 1. The van der Waals surface area contributed by atoms with Gasteiger partial charge in [-0.05, 0) is 6.92 Å². The minimum atomic E-state index is -0.486. The zero-order valence-electron chi connectivity index (χ0n) is 8.53. The average Bonchev–Trinajstić information content (AvgIpc) is 2.12. The zero-order valence-corrected chi connectivity index (χ0v) is 8.53. The van der Waals surface area contributed by atoms with Gasteiger partial charge < -0.3 is 0 Å². The van der Waals surface area contributed by atoms with Gasteiger partial charge in [-0.15, -0.1) is 0 Å². The van der Waals surface area contributed by atoms with Crippen molar-refractivity contribution in [2.45, 2.75) is 27.2 Å². The van der Waals surface area contributed by atoms with Crippen LogP contribution in [-0.2, 0) is 14.4 Å². The number of imide groups is 3. The monoisotopic (exact) mass is 195 g/mol. The Morgan fingerprint density at radius 2 is 2.00 bits per heavy atom. The molecule has 0 saturated carbocycles. The summed E-state index contributed by atoms with van der Waals surface area (Å²) in [5.74, 6) is -1.68. The van der Waals surface area contributed by atoms with Crippen molar-refractivity contribution < 1.29 is 14.4 Å². The van der Waals surface area contributed by atoms with E-state index in [0.29, 0.717) is 5.57 Å². The molecule has 0 aliphatic carbocycles. The number of carbonyl (C=O) groups excluding carboxylic acids is 3. The number of nitrogens with zero attached hydrogens (tertiary/aromatic N) is 1. The molecule has 0 bridgehead atoms. The molecule has 0 spiro atoms. The van der Waals surface area contributed by atoms with Crippen LogP contribution in [0.5, 0.6) is 0 Å². The minimum absolute atomic E-state index is 0.135. The van der Waals surface area contributed by atoms with Crippen molar-refractivity contribution in [3.63, 3.8) is 0 Å². The van der Waals surface area contributed by atoms with Gasteiger partial charge in [0.25, 0.3) is 5.91 Å². The molecule has 0 N–H and O–H groups in total. The first kappa shape index (κ1) is 10.6. The fourth-order valence-corrected chi connectivity index (χ4v) is 1.19. The molecule has 1 rings (SSSR count). The molecule has 0 aromatic rings. The largest absolute Gasteiger partial charge is 0.274 e. The van der Waals surface area contributed by atoms with E-state index >= 15 is 0 Å². The summed E-state index contributed by atoms with van der Waals surface area (Å²) in [5.41, 5.74) is 0.457. The Morgan fingerprint density at radius 3 is 2.50 bits per heavy atom. The van der Waals surface area contributed by atoms with Gasteiger partial charge in [-0.3, -0.25) is 14.4 Å². The van der Waals surface area contributed by atoms with E-state index in [4.69, 9.17) is 0 Å². The van der Waals surface area contributed by atoms with Crippen molar-refractivity contribution in [2.75, 3.05) is 0 Å². The summed E-state index contributed by atoms with van der Waals surface area (Å²) < 4.78 is 0. The van der Waals surface area contributed by atoms with Gasteiger partial charge in [0.15, 0.2) is 0 Å². The van der Waals surface area contributed by atoms with Gasteiger partial charge in [0.2, 0.25) is 11.8 Å². The van der Waals surface area contributed by atoms with Crippen molar-refractivity contribution >= 4 is 17.7 Å². The van der Waals surface area contributed by atoms with Crippen molar-refractivity contribution in [1.29, 1.82) is 0 Å². The maximum Gasteiger partial charge on any atom is 0.262 e. The summed E-state index contributed by atoms with van der Waals surface area (Å²) in [6.45, 7) is 4.93. The summed E-state index contributed by atoms with van der Waals surface area (Å²) in [4.78, 5) is 35.1. The smallest absolute Gasteiger partial charge is 0.262 e. The lowest BCUT2D eigenvalue weighted by molar-refractivity contribution is -0.154. The van der Waals surface area contributed by atoms with Crippen LogP contribution in [-0.4, -0.2) is 22.6 Å². The van der Waals surface area contributed by atoms with Crippen molar-refractivity contribution in [3.8, 4) is 0 Å². The average molecular weight is 195 g/mol. The Morgan fingerprint density at radius 1 is 1.43 bits per heavy atom. The molecule has 0 aromatic carbocycles. The van der Waals surface area contributed by atoms with Gasteiger partial charge in [0.05, 0.1) is 0 Å². The van der Waals surface area contributed by atoms with E-state index in [1.54, 1.807) is 26.8 Å². The van der Waals surface area contributed by atoms with Crippen LogP contribution in [0.4, 0.5) is 0 Å². The van der Waals surface area contributed by atoms with Gasteiger partial charge in [-0.2, -0.15) is 0 Å². The highest BCUT2D eigenvalue weighted by atomic mass is 16.2. The third-order valence-corrected chi connectivity index (χ3v) is 2.09. The number of amides is 3. The fraction of sp³-hybridized carbons (Fsp3) is 0.500. The Labute approximate surface area is 82.6 Å². The quantitative estimate of drug-likeness (QED) is 0.583. The molecule has 0 aromatic heterocycles. The molecule has 0 fully saturated rings. The van der Waals surface area contributed by atoms with Crippen LogP contribution in [0.15, 0.2) is 11.6 Å². The van der Waals surface area contributed by atoms with Gasteiger partial charge in [-0.1, -0.05) is 19.9 Å². The second-order valence-corrected chi connectivity index (χ2v) is 3.62. The van der Waals surface area contributed by atoms with Crippen LogP contribution in [0.1, 0.15) is 27.2 Å². The molecule has 1 aliphatic rings. The summed E-state index contributed by atoms with van der Waals surface area (Å²) >= 11 is 0. The molecule has 0 radical (unpaired) electrons. The van der Waals surface area contributed by atoms with Gasteiger partial charge in [0, 0.05) is 17.9 Å². The van der Waals surface area contributed by atoms with E-state index < -0.39 is 17.7 Å². The SMILES string of the molecule is CC1=CCC(=O)N(C(=O)C(C)C)C1=O. The fourth-order valence-electron chi connectivity index (χ4n) is 1.19. The summed E-state index contributed by atoms with van der Waals surface area (Å²) in [6.07, 6.45) is 1.69. The molecule has 14 heavy (non-hydrogen) atoms. The Kier molecular flexibility index (Phi) is 2.84. The molecule has 0 unspecified atom stereocenters. The number of hydrogen-bond donors (Lipinski definition) is 0. The molecule has 0 saturated heterocycles. The van der Waals surface area contributed by atoms with E-state index in [9.17, 15) is 14.4 Å². The first-order valence-corrected chi connectivity index (χ1v) is 4.53. The van der Waals surface area contributed by atoms with E-state index in [0.717, 1.165) is 4.90 Å². The molecule has 0 atom stereocenters. The Bertz CT molecular complexity index is 328. The molecule has 1 heterocycles. The first-order chi connectivity index (χ1) is 6.45. The lowest BCUT2D eigenvalue weighted by atomic mass is 10.1. The molecule has 4 heteroatoms. The Hall–Kier alpha value is -1.45. The minimum Gasteiger partial charge on any atom is -0.274 e. The summed E-state index contributed by atoms with van der Waals surface area (Å²) in [5, 5.41) is 0. The molecular formula is C10H13NO3. The van der Waals surface area contributed by atoms with Gasteiger partial charge >= 0.3 is 0 Å².